The Bertz CT molecular complexity index is 992. The second-order valence-corrected chi connectivity index (χ2v) is 7.82. The van der Waals surface area contributed by atoms with Gasteiger partial charge in [0, 0.05) is 30.5 Å². The van der Waals surface area contributed by atoms with Crippen molar-refractivity contribution in [3.63, 3.8) is 0 Å². The van der Waals surface area contributed by atoms with Crippen LogP contribution in [-0.2, 0) is 0 Å². The summed E-state index contributed by atoms with van der Waals surface area (Å²) in [6.07, 6.45) is 3.64. The van der Waals surface area contributed by atoms with Crippen molar-refractivity contribution in [3.8, 4) is 0 Å². The van der Waals surface area contributed by atoms with Crippen molar-refractivity contribution >= 4 is 29.6 Å². The van der Waals surface area contributed by atoms with Gasteiger partial charge in [0.1, 0.15) is 5.71 Å². The molecule has 0 bridgehead atoms. The summed E-state index contributed by atoms with van der Waals surface area (Å²) in [6, 6.07) is 1.84. The molecule has 124 valence electrons. The van der Waals surface area contributed by atoms with Gasteiger partial charge in [-0.25, -0.2) is 4.98 Å². The number of aryl methyl sites for hydroxylation is 3. The summed E-state index contributed by atoms with van der Waals surface area (Å²) in [5.74, 6) is 0. The molecule has 0 aromatic carbocycles. The topological polar surface area (TPSA) is 20.8 Å². The maximum Gasteiger partial charge on any atom is 0.737 e. The number of allylic oxidation sites excluding steroid dienone is 2. The third-order valence-corrected chi connectivity index (χ3v) is 5.73. The van der Waals surface area contributed by atoms with Crippen molar-refractivity contribution < 1.29 is 13.1 Å². The Morgan fingerprint density at radius 1 is 1.17 bits per heavy atom. The van der Waals surface area contributed by atoms with Gasteiger partial charge < -0.3 is 17.6 Å². The molecule has 0 saturated carbocycles. The number of thiazole rings is 1. The molecule has 0 aliphatic carbocycles. The molecule has 0 atom stereocenters. The molecule has 2 aliphatic rings. The first-order chi connectivity index (χ1) is 11.2. The molecule has 2 aromatic rings. The molecule has 24 heavy (non-hydrogen) atoms. The van der Waals surface area contributed by atoms with Gasteiger partial charge in [-0.2, -0.15) is 0 Å². The van der Waals surface area contributed by atoms with Crippen LogP contribution in [-0.4, -0.2) is 26.6 Å². The van der Waals surface area contributed by atoms with E-state index in [0.717, 1.165) is 26.6 Å². The van der Waals surface area contributed by atoms with Crippen LogP contribution in [0.3, 0.4) is 0 Å². The standard InChI is InChI=1S/C17H18BF2N3S/c1-9-6-11(3)22-16(9)15(14-8-21-13(5)24-14)17-10(2)7-12(4)23(17)18(22,19)20/h6-8H,1-5H3. The Labute approximate surface area is 143 Å². The number of halogens is 2. The highest BCUT2D eigenvalue weighted by molar-refractivity contribution is 7.12. The van der Waals surface area contributed by atoms with Crippen LogP contribution in [0.15, 0.2) is 29.6 Å². The second kappa shape index (κ2) is 4.75. The molecule has 7 heteroatoms. The van der Waals surface area contributed by atoms with E-state index >= 15 is 8.63 Å². The lowest BCUT2D eigenvalue weighted by Gasteiger charge is -2.33. The summed E-state index contributed by atoms with van der Waals surface area (Å²) >= 11 is 1.54. The van der Waals surface area contributed by atoms with Crippen LogP contribution >= 0.6 is 11.3 Å². The third-order valence-electron chi connectivity index (χ3n) is 4.80. The molecule has 0 saturated heterocycles. The lowest BCUT2D eigenvalue weighted by molar-refractivity contribution is -0.363. The van der Waals surface area contributed by atoms with Gasteiger partial charge in [0.2, 0.25) is 0 Å². The average Bonchev–Trinajstić information content (AvgIpc) is 3.10. The van der Waals surface area contributed by atoms with E-state index in [-0.39, 0.29) is 0 Å². The van der Waals surface area contributed by atoms with Crippen molar-refractivity contribution in [1.29, 1.82) is 0 Å². The maximum atomic E-state index is 15.4. The highest BCUT2D eigenvalue weighted by Crippen LogP contribution is 2.45. The van der Waals surface area contributed by atoms with Crippen LogP contribution in [0.25, 0.3) is 5.57 Å². The summed E-state index contributed by atoms with van der Waals surface area (Å²) in [5, 5.41) is 0.931. The Morgan fingerprint density at radius 3 is 2.50 bits per heavy atom. The third kappa shape index (κ3) is 1.82. The zero-order valence-electron chi connectivity index (χ0n) is 14.3. The summed E-state index contributed by atoms with van der Waals surface area (Å²) in [7, 11) is 0. The van der Waals surface area contributed by atoms with Crippen molar-refractivity contribution in [1.82, 2.24) is 9.46 Å². The van der Waals surface area contributed by atoms with Crippen LogP contribution in [0.5, 0.6) is 0 Å². The van der Waals surface area contributed by atoms with E-state index in [1.54, 1.807) is 31.4 Å². The number of aromatic nitrogens is 2. The Balaban J connectivity index is 2.19. The summed E-state index contributed by atoms with van der Waals surface area (Å²) < 4.78 is 33.2. The molecule has 0 amide bonds. The van der Waals surface area contributed by atoms with E-state index in [4.69, 9.17) is 0 Å². The molecule has 0 spiro atoms. The predicted molar refractivity (Wildman–Crippen MR) is 94.8 cm³/mol. The minimum atomic E-state index is -3.90. The minimum absolute atomic E-state index is 0.586. The number of rotatable bonds is 1. The molecule has 2 aliphatic heterocycles. The predicted octanol–water partition coefficient (Wildman–Crippen LogP) is 4.30. The van der Waals surface area contributed by atoms with Gasteiger partial charge in [-0.3, -0.25) is 0 Å². The molecule has 0 N–H and O–H groups in total. The quantitative estimate of drug-likeness (QED) is 0.706. The average molecular weight is 345 g/mol. The Kier molecular flexibility index (Phi) is 3.07. The number of fused-ring (bicyclic) bond motifs is 2. The fourth-order valence-electron chi connectivity index (χ4n) is 4.01. The molecular weight excluding hydrogens is 327 g/mol. The lowest BCUT2D eigenvalue weighted by atomic mass is 9.86. The van der Waals surface area contributed by atoms with E-state index < -0.39 is 6.97 Å². The first-order valence-electron chi connectivity index (χ1n) is 7.93. The maximum absolute atomic E-state index is 15.4. The van der Waals surface area contributed by atoms with Crippen molar-refractivity contribution in [2.24, 2.45) is 0 Å². The highest BCUT2D eigenvalue weighted by Gasteiger charge is 2.55. The lowest BCUT2D eigenvalue weighted by Crippen LogP contribution is -2.51. The first-order valence-corrected chi connectivity index (χ1v) is 8.75. The zero-order valence-corrected chi connectivity index (χ0v) is 15.1. The number of hydrogen-bond donors (Lipinski definition) is 0. The number of hydrogen-bond acceptors (Lipinski definition) is 2. The largest absolute Gasteiger partial charge is 0.737 e. The molecule has 0 radical (unpaired) electrons. The first kappa shape index (κ1) is 15.5. The fraction of sp³-hybridized carbons (Fsp3) is 0.294. The van der Waals surface area contributed by atoms with Gasteiger partial charge >= 0.3 is 6.97 Å². The summed E-state index contributed by atoms with van der Waals surface area (Å²) in [4.78, 5) is 5.28. The normalized spacial score (nSPS) is 18.9. The van der Waals surface area contributed by atoms with E-state index in [2.05, 4.69) is 4.98 Å². The van der Waals surface area contributed by atoms with E-state index in [9.17, 15) is 0 Å². The summed E-state index contributed by atoms with van der Waals surface area (Å²) in [5.41, 5.74) is 5.03. The van der Waals surface area contributed by atoms with Crippen molar-refractivity contribution in [3.05, 3.63) is 56.4 Å². The van der Waals surface area contributed by atoms with Gasteiger partial charge in [0.15, 0.2) is 5.70 Å². The van der Waals surface area contributed by atoms with Crippen LogP contribution in [0, 0.1) is 20.8 Å². The zero-order chi connectivity index (χ0) is 17.4. The van der Waals surface area contributed by atoms with Crippen LogP contribution in [0.2, 0.25) is 0 Å². The molecule has 0 fully saturated rings. The van der Waals surface area contributed by atoms with Crippen LogP contribution < -0.4 is 0 Å². The van der Waals surface area contributed by atoms with E-state index in [1.807, 2.05) is 32.9 Å². The summed E-state index contributed by atoms with van der Waals surface area (Å²) in [6.45, 7) is 5.34. The van der Waals surface area contributed by atoms with Crippen LogP contribution in [0.1, 0.15) is 40.7 Å². The van der Waals surface area contributed by atoms with E-state index in [0.29, 0.717) is 22.8 Å². The smallest absolute Gasteiger partial charge is 0.393 e. The molecule has 2 aromatic heterocycles. The van der Waals surface area contributed by atoms with E-state index in [1.165, 1.54) is 8.96 Å². The molecule has 0 unspecified atom stereocenters. The Hall–Kier alpha value is -2.02. The second-order valence-electron chi connectivity index (χ2n) is 6.58. The minimum Gasteiger partial charge on any atom is -0.393 e. The van der Waals surface area contributed by atoms with Crippen molar-refractivity contribution in [2.75, 3.05) is 0 Å². The van der Waals surface area contributed by atoms with Gasteiger partial charge in [0.05, 0.1) is 15.5 Å². The van der Waals surface area contributed by atoms with Crippen molar-refractivity contribution in [2.45, 2.75) is 34.6 Å². The Morgan fingerprint density at radius 2 is 1.88 bits per heavy atom. The molecule has 4 rings (SSSR count). The molecule has 3 nitrogen and oxygen atoms in total. The van der Waals surface area contributed by atoms with Gasteiger partial charge in [-0.1, -0.05) is 0 Å². The number of nitrogens with zero attached hydrogens (tertiary/aromatic N) is 3. The van der Waals surface area contributed by atoms with Gasteiger partial charge in [0.25, 0.3) is 0 Å². The van der Waals surface area contributed by atoms with Gasteiger partial charge in [-0.05, 0) is 45.0 Å². The van der Waals surface area contributed by atoms with Gasteiger partial charge in [-0.15, -0.1) is 11.3 Å². The highest BCUT2D eigenvalue weighted by atomic mass is 32.1. The molecular formula is C17H18BF2N3S. The van der Waals surface area contributed by atoms with Crippen LogP contribution in [0.4, 0.5) is 8.63 Å². The fourth-order valence-corrected chi connectivity index (χ4v) is 4.83. The SMILES string of the molecule is CC1=CC(C)=[N+]2C1=C(c1cnc(C)s1)c1c(C)cc(C)n1[B-]2(F)F. The monoisotopic (exact) mass is 345 g/mol. The molecule has 4 heterocycles.